The van der Waals surface area contributed by atoms with Gasteiger partial charge in [0.1, 0.15) is 5.82 Å². The van der Waals surface area contributed by atoms with Crippen LogP contribution in [0, 0.1) is 12.7 Å². The minimum Gasteiger partial charge on any atom is -0.296 e. The van der Waals surface area contributed by atoms with Gasteiger partial charge in [-0.25, -0.2) is 14.2 Å². The first-order valence-corrected chi connectivity index (χ1v) is 7.69. The maximum Gasteiger partial charge on any atom is 0.441 e. The van der Waals surface area contributed by atoms with Crippen LogP contribution in [0.5, 0.6) is 0 Å². The molecule has 5 nitrogen and oxygen atoms in total. The van der Waals surface area contributed by atoms with Crippen LogP contribution >= 0.6 is 22.9 Å². The van der Waals surface area contributed by atoms with E-state index >= 15 is 0 Å². The van der Waals surface area contributed by atoms with Crippen molar-refractivity contribution in [2.45, 2.75) is 19.9 Å². The molecule has 0 atom stereocenters. The minimum absolute atomic E-state index is 0.0785. The van der Waals surface area contributed by atoms with Gasteiger partial charge in [-0.3, -0.25) is 9.09 Å². The molecule has 0 amide bonds. The van der Waals surface area contributed by atoms with E-state index in [2.05, 4.69) is 10.1 Å². The van der Waals surface area contributed by atoms with E-state index in [0.717, 1.165) is 10.6 Å². The van der Waals surface area contributed by atoms with E-state index in [9.17, 15) is 9.18 Å². The summed E-state index contributed by atoms with van der Waals surface area (Å²) in [6, 6.07) is 4.44. The molecule has 0 aliphatic heterocycles. The molecule has 0 aliphatic carbocycles. The molecule has 8 heteroatoms. The van der Waals surface area contributed by atoms with Gasteiger partial charge in [0.15, 0.2) is 5.82 Å². The van der Waals surface area contributed by atoms with Gasteiger partial charge in [-0.2, -0.15) is 0 Å². The van der Waals surface area contributed by atoms with E-state index in [-0.39, 0.29) is 17.0 Å². The lowest BCUT2D eigenvalue weighted by Gasteiger charge is -2.06. The average molecular weight is 340 g/mol. The number of nitrogens with zero attached hydrogens (tertiary/aromatic N) is 3. The molecule has 3 rings (SSSR count). The van der Waals surface area contributed by atoms with E-state index in [1.54, 1.807) is 11.6 Å². The molecule has 22 heavy (non-hydrogen) atoms. The molecule has 2 aromatic heterocycles. The maximum absolute atomic E-state index is 13.9. The van der Waals surface area contributed by atoms with Gasteiger partial charge in [0.05, 0.1) is 17.7 Å². The van der Waals surface area contributed by atoms with Crippen molar-refractivity contribution in [1.29, 1.82) is 0 Å². The van der Waals surface area contributed by atoms with Crippen molar-refractivity contribution >= 4 is 22.9 Å². The van der Waals surface area contributed by atoms with E-state index < -0.39 is 11.6 Å². The normalized spacial score (nSPS) is 11.0. The summed E-state index contributed by atoms with van der Waals surface area (Å²) < 4.78 is 20.0. The SMILES string of the molecule is Cc1ncsc1Cn1c(Cc2c(F)cccc2Cl)noc1=O. The highest BCUT2D eigenvalue weighted by Gasteiger charge is 2.17. The third-order valence-electron chi connectivity index (χ3n) is 3.30. The molecule has 0 bridgehead atoms. The van der Waals surface area contributed by atoms with E-state index in [0.29, 0.717) is 12.4 Å². The van der Waals surface area contributed by atoms with Gasteiger partial charge in [-0.1, -0.05) is 22.8 Å². The van der Waals surface area contributed by atoms with Crippen LogP contribution in [0.3, 0.4) is 0 Å². The van der Waals surface area contributed by atoms with E-state index in [4.69, 9.17) is 16.1 Å². The average Bonchev–Trinajstić information content (AvgIpc) is 3.03. The zero-order valence-corrected chi connectivity index (χ0v) is 13.1. The number of thiazole rings is 1. The third kappa shape index (κ3) is 2.82. The maximum atomic E-state index is 13.9. The molecule has 0 saturated heterocycles. The summed E-state index contributed by atoms with van der Waals surface area (Å²) in [7, 11) is 0. The van der Waals surface area contributed by atoms with Crippen LogP contribution < -0.4 is 5.76 Å². The Labute approximate surface area is 134 Å². The van der Waals surface area contributed by atoms with Crippen molar-refractivity contribution in [3.8, 4) is 0 Å². The second-order valence-electron chi connectivity index (χ2n) is 4.69. The minimum atomic E-state index is -0.588. The van der Waals surface area contributed by atoms with Gasteiger partial charge in [0, 0.05) is 21.9 Å². The fraction of sp³-hybridized carbons (Fsp3) is 0.214. The van der Waals surface area contributed by atoms with Crippen LogP contribution in [0.25, 0.3) is 0 Å². The van der Waals surface area contributed by atoms with Crippen LogP contribution in [0.4, 0.5) is 4.39 Å². The monoisotopic (exact) mass is 339 g/mol. The smallest absolute Gasteiger partial charge is 0.296 e. The number of hydrogen-bond donors (Lipinski definition) is 0. The molecule has 0 N–H and O–H groups in total. The summed E-state index contributed by atoms with van der Waals surface area (Å²) in [6.45, 7) is 2.15. The molecule has 0 spiro atoms. The van der Waals surface area contributed by atoms with Crippen LogP contribution in [-0.2, 0) is 13.0 Å². The van der Waals surface area contributed by atoms with Crippen molar-refractivity contribution in [2.24, 2.45) is 0 Å². The highest BCUT2D eigenvalue weighted by molar-refractivity contribution is 7.09. The molecular formula is C14H11ClFN3O2S. The first kappa shape index (κ1) is 14.9. The topological polar surface area (TPSA) is 60.9 Å². The van der Waals surface area contributed by atoms with Crippen molar-refractivity contribution in [3.05, 3.63) is 67.1 Å². The Morgan fingerprint density at radius 2 is 2.27 bits per heavy atom. The molecule has 3 aromatic rings. The molecule has 114 valence electrons. The lowest BCUT2D eigenvalue weighted by molar-refractivity contribution is 0.375. The summed E-state index contributed by atoms with van der Waals surface area (Å²) in [6.07, 6.45) is 0.0785. The third-order valence-corrected chi connectivity index (χ3v) is 4.58. The summed E-state index contributed by atoms with van der Waals surface area (Å²) in [5.74, 6) is -0.705. The fourth-order valence-electron chi connectivity index (χ4n) is 2.06. The second-order valence-corrected chi connectivity index (χ2v) is 6.04. The van der Waals surface area contributed by atoms with Crippen LogP contribution in [0.1, 0.15) is 22.0 Å². The number of aryl methyl sites for hydroxylation is 1. The molecule has 0 radical (unpaired) electrons. The molecule has 1 aromatic carbocycles. The Bertz CT molecular complexity index is 851. The zero-order chi connectivity index (χ0) is 15.7. The summed E-state index contributed by atoms with van der Waals surface area (Å²) in [4.78, 5) is 16.9. The zero-order valence-electron chi connectivity index (χ0n) is 11.5. The predicted octanol–water partition coefficient (Wildman–Crippen LogP) is 3.03. The van der Waals surface area contributed by atoms with Gasteiger partial charge in [-0.05, 0) is 19.1 Å². The second kappa shape index (κ2) is 6.02. The van der Waals surface area contributed by atoms with Crippen LogP contribution in [0.2, 0.25) is 5.02 Å². The van der Waals surface area contributed by atoms with Crippen molar-refractivity contribution in [2.75, 3.05) is 0 Å². The van der Waals surface area contributed by atoms with Gasteiger partial charge < -0.3 is 0 Å². The van der Waals surface area contributed by atoms with Gasteiger partial charge in [-0.15, -0.1) is 11.3 Å². The Hall–Kier alpha value is -1.99. The summed E-state index contributed by atoms with van der Waals surface area (Å²) in [5.41, 5.74) is 2.83. The predicted molar refractivity (Wildman–Crippen MR) is 80.9 cm³/mol. The number of hydrogen-bond acceptors (Lipinski definition) is 5. The highest BCUT2D eigenvalue weighted by Crippen LogP contribution is 2.22. The molecule has 0 saturated carbocycles. The highest BCUT2D eigenvalue weighted by atomic mass is 35.5. The Balaban J connectivity index is 1.96. The fourth-order valence-corrected chi connectivity index (χ4v) is 3.05. The quantitative estimate of drug-likeness (QED) is 0.733. The van der Waals surface area contributed by atoms with Crippen LogP contribution in [-0.4, -0.2) is 14.7 Å². The Morgan fingerprint density at radius 1 is 1.45 bits per heavy atom. The summed E-state index contributed by atoms with van der Waals surface area (Å²) in [5, 5.41) is 4.03. The Morgan fingerprint density at radius 3 is 2.95 bits per heavy atom. The lowest BCUT2D eigenvalue weighted by Crippen LogP contribution is -2.18. The molecule has 2 heterocycles. The molecular weight excluding hydrogens is 329 g/mol. The summed E-state index contributed by atoms with van der Waals surface area (Å²) >= 11 is 7.45. The van der Waals surface area contributed by atoms with Crippen molar-refractivity contribution in [1.82, 2.24) is 14.7 Å². The largest absolute Gasteiger partial charge is 0.441 e. The molecule has 0 aliphatic rings. The van der Waals surface area contributed by atoms with Gasteiger partial charge in [0.25, 0.3) is 0 Å². The standard InChI is InChI=1S/C14H11ClFN3O2S/c1-8-12(22-7-17-8)6-19-13(18-21-14(19)20)5-9-10(15)3-2-4-11(9)16/h2-4,7H,5-6H2,1H3. The van der Waals surface area contributed by atoms with E-state index in [1.165, 1.54) is 28.0 Å². The van der Waals surface area contributed by atoms with Crippen LogP contribution in [0.15, 0.2) is 33.0 Å². The number of benzene rings is 1. The van der Waals surface area contributed by atoms with Crippen molar-refractivity contribution < 1.29 is 8.91 Å². The van der Waals surface area contributed by atoms with Gasteiger partial charge >= 0.3 is 5.76 Å². The van der Waals surface area contributed by atoms with E-state index in [1.807, 2.05) is 6.92 Å². The number of rotatable bonds is 4. The molecule has 0 unspecified atom stereocenters. The first-order chi connectivity index (χ1) is 10.6. The number of halogens is 2. The van der Waals surface area contributed by atoms with Crippen molar-refractivity contribution in [3.63, 3.8) is 0 Å². The lowest BCUT2D eigenvalue weighted by atomic mass is 10.1. The van der Waals surface area contributed by atoms with Gasteiger partial charge in [0.2, 0.25) is 0 Å². The number of aromatic nitrogens is 3. The Kier molecular flexibility index (Phi) is 4.08. The molecule has 0 fully saturated rings. The first-order valence-electron chi connectivity index (χ1n) is 6.43.